The molecule has 3 rings (SSSR count). The number of rotatable bonds is 8. The van der Waals surface area contributed by atoms with Crippen molar-refractivity contribution >= 4 is 17.5 Å². The molecular weight excluding hydrogens is 402 g/mol. The van der Waals surface area contributed by atoms with Crippen LogP contribution in [0.25, 0.3) is 0 Å². The monoisotopic (exact) mass is 425 g/mol. The van der Waals surface area contributed by atoms with Crippen LogP contribution in [0, 0.1) is 0 Å². The highest BCUT2D eigenvalue weighted by Gasteiger charge is 2.14. The Labute approximate surface area is 181 Å². The molecule has 30 heavy (non-hydrogen) atoms. The molecule has 0 aromatic heterocycles. The number of benzene rings is 3. The molecule has 1 N–H and O–H groups in total. The van der Waals surface area contributed by atoms with E-state index in [1.54, 1.807) is 32.4 Å². The fourth-order valence-electron chi connectivity index (χ4n) is 2.98. The van der Waals surface area contributed by atoms with Crippen LogP contribution in [0.2, 0.25) is 5.02 Å². The molecule has 3 aromatic carbocycles. The van der Waals surface area contributed by atoms with Crippen LogP contribution in [0.15, 0.2) is 66.7 Å². The second-order valence-electron chi connectivity index (χ2n) is 6.74. The number of amides is 1. The van der Waals surface area contributed by atoms with E-state index in [0.29, 0.717) is 22.1 Å². The highest BCUT2D eigenvalue weighted by molar-refractivity contribution is 6.30. The lowest BCUT2D eigenvalue weighted by molar-refractivity contribution is 0.0939. The number of carbonyl (C=O) groups excluding carboxylic acids is 1. The number of halogens is 1. The second-order valence-corrected chi connectivity index (χ2v) is 7.17. The van der Waals surface area contributed by atoms with Gasteiger partial charge in [0.1, 0.15) is 23.9 Å². The molecule has 6 heteroatoms. The standard InChI is InChI=1S/C24H24ClNO4/c1-16(17-4-7-20(25)8-5-17)26-24(27)18-6-13-23(29-3)19(14-18)15-30-22-11-9-21(28-2)10-12-22/h4-14,16H,15H2,1-3H3,(H,26,27)/t16-/m1/s1. The topological polar surface area (TPSA) is 56.8 Å². The van der Waals surface area contributed by atoms with Gasteiger partial charge < -0.3 is 19.5 Å². The van der Waals surface area contributed by atoms with Gasteiger partial charge in [-0.2, -0.15) is 0 Å². The Morgan fingerprint density at radius 3 is 2.23 bits per heavy atom. The molecule has 0 radical (unpaired) electrons. The van der Waals surface area contributed by atoms with E-state index < -0.39 is 0 Å². The predicted molar refractivity (Wildman–Crippen MR) is 118 cm³/mol. The van der Waals surface area contributed by atoms with E-state index in [1.807, 2.05) is 55.5 Å². The van der Waals surface area contributed by atoms with E-state index in [-0.39, 0.29) is 18.6 Å². The molecule has 0 aliphatic heterocycles. The molecule has 1 atom stereocenters. The van der Waals surface area contributed by atoms with Crippen molar-refractivity contribution in [3.8, 4) is 17.2 Å². The largest absolute Gasteiger partial charge is 0.497 e. The van der Waals surface area contributed by atoms with Crippen LogP contribution in [-0.2, 0) is 6.61 Å². The van der Waals surface area contributed by atoms with Crippen LogP contribution in [0.5, 0.6) is 17.2 Å². The minimum absolute atomic E-state index is 0.157. The Bertz CT molecular complexity index is 987. The summed E-state index contributed by atoms with van der Waals surface area (Å²) in [4.78, 5) is 12.8. The van der Waals surface area contributed by atoms with Crippen molar-refractivity contribution in [2.24, 2.45) is 0 Å². The number of carbonyl (C=O) groups is 1. The van der Waals surface area contributed by atoms with E-state index in [1.165, 1.54) is 0 Å². The van der Waals surface area contributed by atoms with Crippen LogP contribution in [0.3, 0.4) is 0 Å². The summed E-state index contributed by atoms with van der Waals surface area (Å²) < 4.78 is 16.4. The van der Waals surface area contributed by atoms with Gasteiger partial charge in [0.15, 0.2) is 0 Å². The molecule has 0 saturated heterocycles. The van der Waals surface area contributed by atoms with E-state index in [0.717, 1.165) is 16.9 Å². The molecule has 0 unspecified atom stereocenters. The number of ether oxygens (including phenoxy) is 3. The molecule has 0 heterocycles. The molecule has 0 saturated carbocycles. The highest BCUT2D eigenvalue weighted by Crippen LogP contribution is 2.24. The van der Waals surface area contributed by atoms with Crippen LogP contribution < -0.4 is 19.5 Å². The Hall–Kier alpha value is -3.18. The minimum atomic E-state index is -0.175. The lowest BCUT2D eigenvalue weighted by atomic mass is 10.1. The van der Waals surface area contributed by atoms with Crippen molar-refractivity contribution in [2.75, 3.05) is 14.2 Å². The van der Waals surface area contributed by atoms with Crippen molar-refractivity contribution in [3.63, 3.8) is 0 Å². The van der Waals surface area contributed by atoms with Gasteiger partial charge in [-0.3, -0.25) is 4.79 Å². The average molecular weight is 426 g/mol. The molecule has 5 nitrogen and oxygen atoms in total. The number of hydrogen-bond acceptors (Lipinski definition) is 4. The van der Waals surface area contributed by atoms with Crippen molar-refractivity contribution < 1.29 is 19.0 Å². The molecule has 0 aliphatic rings. The molecular formula is C24H24ClNO4. The van der Waals surface area contributed by atoms with Gasteiger partial charge in [-0.1, -0.05) is 23.7 Å². The van der Waals surface area contributed by atoms with Crippen molar-refractivity contribution in [1.82, 2.24) is 5.32 Å². The fraction of sp³-hybridized carbons (Fsp3) is 0.208. The zero-order valence-corrected chi connectivity index (χ0v) is 17.9. The summed E-state index contributed by atoms with van der Waals surface area (Å²) in [7, 11) is 3.21. The van der Waals surface area contributed by atoms with E-state index in [4.69, 9.17) is 25.8 Å². The maximum Gasteiger partial charge on any atom is 0.251 e. The fourth-order valence-corrected chi connectivity index (χ4v) is 3.11. The second kappa shape index (κ2) is 10.0. The number of nitrogens with one attached hydrogen (secondary N) is 1. The third-order valence-electron chi connectivity index (χ3n) is 4.71. The molecule has 0 spiro atoms. The smallest absolute Gasteiger partial charge is 0.251 e. The van der Waals surface area contributed by atoms with Gasteiger partial charge in [0, 0.05) is 16.1 Å². The lowest BCUT2D eigenvalue weighted by Gasteiger charge is -2.16. The predicted octanol–water partition coefficient (Wildman–Crippen LogP) is 5.43. The van der Waals surface area contributed by atoms with Gasteiger partial charge in [0.25, 0.3) is 5.91 Å². The first kappa shape index (κ1) is 21.5. The lowest BCUT2D eigenvalue weighted by Crippen LogP contribution is -2.26. The molecule has 3 aromatic rings. The van der Waals surface area contributed by atoms with Crippen LogP contribution in [0.4, 0.5) is 0 Å². The first-order chi connectivity index (χ1) is 14.5. The minimum Gasteiger partial charge on any atom is -0.497 e. The van der Waals surface area contributed by atoms with Gasteiger partial charge in [-0.25, -0.2) is 0 Å². The Morgan fingerprint density at radius 1 is 0.933 bits per heavy atom. The van der Waals surface area contributed by atoms with Crippen molar-refractivity contribution in [3.05, 3.63) is 88.4 Å². The maximum absolute atomic E-state index is 12.8. The van der Waals surface area contributed by atoms with Crippen LogP contribution in [0.1, 0.15) is 34.5 Å². The summed E-state index contributed by atoms with van der Waals surface area (Å²) >= 11 is 5.94. The van der Waals surface area contributed by atoms with Gasteiger partial charge in [-0.05, 0) is 67.1 Å². The van der Waals surface area contributed by atoms with Gasteiger partial charge in [0.2, 0.25) is 0 Å². The maximum atomic E-state index is 12.8. The van der Waals surface area contributed by atoms with Gasteiger partial charge >= 0.3 is 0 Å². The summed E-state index contributed by atoms with van der Waals surface area (Å²) in [5.74, 6) is 1.94. The highest BCUT2D eigenvalue weighted by atomic mass is 35.5. The number of methoxy groups -OCH3 is 2. The third-order valence-corrected chi connectivity index (χ3v) is 4.97. The Balaban J connectivity index is 1.70. The molecule has 0 aliphatic carbocycles. The summed E-state index contributed by atoms with van der Waals surface area (Å²) in [5, 5.41) is 3.67. The van der Waals surface area contributed by atoms with E-state index in [9.17, 15) is 4.79 Å². The van der Waals surface area contributed by atoms with Crippen molar-refractivity contribution in [1.29, 1.82) is 0 Å². The summed E-state index contributed by atoms with van der Waals surface area (Å²) in [6.07, 6.45) is 0. The van der Waals surface area contributed by atoms with Crippen LogP contribution >= 0.6 is 11.6 Å². The quantitative estimate of drug-likeness (QED) is 0.523. The van der Waals surface area contributed by atoms with E-state index >= 15 is 0 Å². The average Bonchev–Trinajstić information content (AvgIpc) is 2.78. The van der Waals surface area contributed by atoms with Gasteiger partial charge in [-0.15, -0.1) is 0 Å². The Kier molecular flexibility index (Phi) is 7.20. The summed E-state index contributed by atoms with van der Waals surface area (Å²) in [6.45, 7) is 2.20. The Morgan fingerprint density at radius 2 is 1.60 bits per heavy atom. The molecule has 0 bridgehead atoms. The first-order valence-corrected chi connectivity index (χ1v) is 9.88. The van der Waals surface area contributed by atoms with Crippen molar-refractivity contribution in [2.45, 2.75) is 19.6 Å². The summed E-state index contributed by atoms with van der Waals surface area (Å²) in [6, 6.07) is 19.9. The molecule has 0 fully saturated rings. The zero-order valence-electron chi connectivity index (χ0n) is 17.1. The molecule has 156 valence electrons. The van der Waals surface area contributed by atoms with Gasteiger partial charge in [0.05, 0.1) is 20.3 Å². The first-order valence-electron chi connectivity index (χ1n) is 9.50. The SMILES string of the molecule is COc1ccc(OCc2cc(C(=O)N[C@H](C)c3ccc(Cl)cc3)ccc2OC)cc1. The third kappa shape index (κ3) is 5.45. The van der Waals surface area contributed by atoms with Crippen LogP contribution in [-0.4, -0.2) is 20.1 Å². The molecule has 1 amide bonds. The van der Waals surface area contributed by atoms with E-state index in [2.05, 4.69) is 5.32 Å². The summed E-state index contributed by atoms with van der Waals surface area (Å²) in [5.41, 5.74) is 2.29. The normalized spacial score (nSPS) is 11.5. The number of hydrogen-bond donors (Lipinski definition) is 1. The zero-order chi connectivity index (χ0) is 21.5.